The van der Waals surface area contributed by atoms with E-state index in [1.54, 1.807) is 12.1 Å². The quantitative estimate of drug-likeness (QED) is 0.766. The predicted octanol–water partition coefficient (Wildman–Crippen LogP) is 3.79. The molecule has 3 nitrogen and oxygen atoms in total. The van der Waals surface area contributed by atoms with Gasteiger partial charge < -0.3 is 10.2 Å². The molecule has 0 aromatic heterocycles. The first-order valence-electron chi connectivity index (χ1n) is 8.55. The Bertz CT molecular complexity index is 524. The van der Waals surface area contributed by atoms with Crippen molar-refractivity contribution < 1.29 is 9.18 Å². The Labute approximate surface area is 143 Å². The smallest absolute Gasteiger partial charge is 0.224 e. The van der Waals surface area contributed by atoms with Gasteiger partial charge in [0.25, 0.3) is 0 Å². The third-order valence-corrected chi connectivity index (χ3v) is 4.77. The zero-order valence-corrected chi connectivity index (χ0v) is 14.5. The van der Waals surface area contributed by atoms with Crippen molar-refractivity contribution >= 4 is 17.5 Å². The molecule has 23 heavy (non-hydrogen) atoms. The number of hydrogen-bond acceptors (Lipinski definition) is 2. The molecule has 0 spiro atoms. The first-order chi connectivity index (χ1) is 11.1. The van der Waals surface area contributed by atoms with Crippen LogP contribution in [0.3, 0.4) is 0 Å². The molecule has 0 bridgehead atoms. The van der Waals surface area contributed by atoms with Gasteiger partial charge >= 0.3 is 0 Å². The summed E-state index contributed by atoms with van der Waals surface area (Å²) in [6.45, 7) is 5.07. The van der Waals surface area contributed by atoms with Gasteiger partial charge in [0.15, 0.2) is 0 Å². The van der Waals surface area contributed by atoms with Crippen molar-refractivity contribution in [2.45, 2.75) is 51.5 Å². The summed E-state index contributed by atoms with van der Waals surface area (Å²) >= 11 is 5.71. The summed E-state index contributed by atoms with van der Waals surface area (Å²) in [5, 5.41) is 3.23. The van der Waals surface area contributed by atoms with E-state index in [0.29, 0.717) is 23.2 Å². The first kappa shape index (κ1) is 18.2. The predicted molar refractivity (Wildman–Crippen MR) is 92.2 cm³/mol. The lowest BCUT2D eigenvalue weighted by atomic mass is 10.00. The highest BCUT2D eigenvalue weighted by molar-refractivity contribution is 6.30. The van der Waals surface area contributed by atoms with E-state index in [9.17, 15) is 9.18 Å². The van der Waals surface area contributed by atoms with Crippen LogP contribution in [0.5, 0.6) is 0 Å². The van der Waals surface area contributed by atoms with Crippen LogP contribution in [-0.4, -0.2) is 36.5 Å². The SMILES string of the molecule is CCC1CCCCN1CCCNC(=O)Cc1ccc(Cl)cc1F. The molecule has 128 valence electrons. The van der Waals surface area contributed by atoms with Crippen molar-refractivity contribution in [3.63, 3.8) is 0 Å². The molecule has 1 aromatic rings. The van der Waals surface area contributed by atoms with Crippen molar-refractivity contribution in [2.75, 3.05) is 19.6 Å². The summed E-state index contributed by atoms with van der Waals surface area (Å²) in [6, 6.07) is 5.11. The molecule has 1 heterocycles. The molecule has 1 N–H and O–H groups in total. The van der Waals surface area contributed by atoms with E-state index < -0.39 is 5.82 Å². The number of rotatable bonds is 7. The van der Waals surface area contributed by atoms with E-state index in [2.05, 4.69) is 17.1 Å². The summed E-state index contributed by atoms with van der Waals surface area (Å²) in [4.78, 5) is 14.4. The molecular formula is C18H26ClFN2O. The fourth-order valence-corrected chi connectivity index (χ4v) is 3.39. The number of benzene rings is 1. The molecule has 1 fully saturated rings. The average Bonchev–Trinajstić information content (AvgIpc) is 2.54. The normalized spacial score (nSPS) is 18.8. The van der Waals surface area contributed by atoms with E-state index in [1.807, 2.05) is 0 Å². The van der Waals surface area contributed by atoms with Crippen LogP contribution in [-0.2, 0) is 11.2 Å². The third kappa shape index (κ3) is 5.78. The Kier molecular flexibility index (Phi) is 7.31. The lowest BCUT2D eigenvalue weighted by molar-refractivity contribution is -0.120. The standard InChI is InChI=1S/C18H26ClFN2O/c1-2-16-6-3-4-10-22(16)11-5-9-21-18(23)12-14-7-8-15(19)13-17(14)20/h7-8,13,16H,2-6,9-12H2,1H3,(H,21,23). The molecule has 1 atom stereocenters. The zero-order valence-electron chi connectivity index (χ0n) is 13.8. The van der Waals surface area contributed by atoms with Gasteiger partial charge in [0.05, 0.1) is 6.42 Å². The van der Waals surface area contributed by atoms with Crippen molar-refractivity contribution in [1.29, 1.82) is 0 Å². The fraction of sp³-hybridized carbons (Fsp3) is 0.611. The van der Waals surface area contributed by atoms with Gasteiger partial charge in [-0.15, -0.1) is 0 Å². The molecular weight excluding hydrogens is 315 g/mol. The van der Waals surface area contributed by atoms with Crippen molar-refractivity contribution in [2.24, 2.45) is 0 Å². The molecule has 1 aliphatic heterocycles. The van der Waals surface area contributed by atoms with Gasteiger partial charge in [-0.1, -0.05) is 31.0 Å². The second kappa shape index (κ2) is 9.24. The second-order valence-corrected chi connectivity index (χ2v) is 6.65. The van der Waals surface area contributed by atoms with Crippen LogP contribution in [0.25, 0.3) is 0 Å². The van der Waals surface area contributed by atoms with Crippen molar-refractivity contribution in [3.8, 4) is 0 Å². The number of halogens is 2. The minimum atomic E-state index is -0.424. The average molecular weight is 341 g/mol. The third-order valence-electron chi connectivity index (χ3n) is 4.53. The summed E-state index contributed by atoms with van der Waals surface area (Å²) in [5.74, 6) is -0.566. The van der Waals surface area contributed by atoms with E-state index in [-0.39, 0.29) is 12.3 Å². The number of hydrogen-bond donors (Lipinski definition) is 1. The van der Waals surface area contributed by atoms with Gasteiger partial charge in [-0.2, -0.15) is 0 Å². The van der Waals surface area contributed by atoms with Crippen LogP contribution in [0.2, 0.25) is 5.02 Å². The minimum Gasteiger partial charge on any atom is -0.356 e. The Morgan fingerprint density at radius 2 is 2.26 bits per heavy atom. The van der Waals surface area contributed by atoms with Gasteiger partial charge in [-0.3, -0.25) is 4.79 Å². The van der Waals surface area contributed by atoms with Crippen LogP contribution < -0.4 is 5.32 Å². The Hall–Kier alpha value is -1.13. The number of likely N-dealkylation sites (tertiary alicyclic amines) is 1. The molecule has 5 heteroatoms. The molecule has 1 aliphatic rings. The maximum absolute atomic E-state index is 13.7. The molecule has 0 saturated carbocycles. The van der Waals surface area contributed by atoms with Crippen LogP contribution in [0.15, 0.2) is 18.2 Å². The molecule has 0 aliphatic carbocycles. The van der Waals surface area contributed by atoms with Crippen LogP contribution in [0.1, 0.15) is 44.6 Å². The lowest BCUT2D eigenvalue weighted by Crippen LogP contribution is -2.40. The monoisotopic (exact) mass is 340 g/mol. The Morgan fingerprint density at radius 3 is 3.00 bits per heavy atom. The zero-order chi connectivity index (χ0) is 16.7. The summed E-state index contributed by atoms with van der Waals surface area (Å²) in [7, 11) is 0. The van der Waals surface area contributed by atoms with Crippen molar-refractivity contribution in [3.05, 3.63) is 34.6 Å². The maximum atomic E-state index is 13.7. The highest BCUT2D eigenvalue weighted by atomic mass is 35.5. The van der Waals surface area contributed by atoms with Crippen LogP contribution in [0.4, 0.5) is 4.39 Å². The number of nitrogens with one attached hydrogen (secondary N) is 1. The molecule has 1 saturated heterocycles. The largest absolute Gasteiger partial charge is 0.356 e. The van der Waals surface area contributed by atoms with E-state index in [4.69, 9.17) is 11.6 Å². The molecule has 0 radical (unpaired) electrons. The van der Waals surface area contributed by atoms with Gasteiger partial charge in [-0.05, 0) is 49.9 Å². The number of piperidine rings is 1. The minimum absolute atomic E-state index is 0.0598. The van der Waals surface area contributed by atoms with Crippen LogP contribution in [0, 0.1) is 5.82 Å². The van der Waals surface area contributed by atoms with Gasteiger partial charge in [-0.25, -0.2) is 4.39 Å². The summed E-state index contributed by atoms with van der Waals surface area (Å²) in [5.41, 5.74) is 0.383. The summed E-state index contributed by atoms with van der Waals surface area (Å²) in [6.07, 6.45) is 6.09. The Morgan fingerprint density at radius 1 is 1.43 bits per heavy atom. The van der Waals surface area contributed by atoms with E-state index in [1.165, 1.54) is 38.3 Å². The molecule has 1 amide bonds. The first-order valence-corrected chi connectivity index (χ1v) is 8.92. The van der Waals surface area contributed by atoms with Gasteiger partial charge in [0.2, 0.25) is 5.91 Å². The second-order valence-electron chi connectivity index (χ2n) is 6.21. The van der Waals surface area contributed by atoms with Gasteiger partial charge in [0.1, 0.15) is 5.82 Å². The highest BCUT2D eigenvalue weighted by Gasteiger charge is 2.19. The number of amides is 1. The highest BCUT2D eigenvalue weighted by Crippen LogP contribution is 2.19. The summed E-state index contributed by atoms with van der Waals surface area (Å²) < 4.78 is 13.7. The van der Waals surface area contributed by atoms with Gasteiger partial charge in [0, 0.05) is 24.2 Å². The topological polar surface area (TPSA) is 32.3 Å². The van der Waals surface area contributed by atoms with E-state index in [0.717, 1.165) is 13.0 Å². The van der Waals surface area contributed by atoms with Crippen LogP contribution >= 0.6 is 11.6 Å². The molecule has 2 rings (SSSR count). The lowest BCUT2D eigenvalue weighted by Gasteiger charge is -2.35. The molecule has 1 aromatic carbocycles. The maximum Gasteiger partial charge on any atom is 0.224 e. The van der Waals surface area contributed by atoms with E-state index >= 15 is 0 Å². The number of carbonyl (C=O) groups is 1. The van der Waals surface area contributed by atoms with Crippen molar-refractivity contribution in [1.82, 2.24) is 10.2 Å². The fourth-order valence-electron chi connectivity index (χ4n) is 3.23. The molecule has 1 unspecified atom stereocenters. The number of nitrogens with zero attached hydrogens (tertiary/aromatic N) is 1. The Balaban J connectivity index is 1.68. The number of carbonyl (C=O) groups excluding carboxylic acids is 1.